The van der Waals surface area contributed by atoms with E-state index in [1.807, 2.05) is 0 Å². The molecule has 0 spiro atoms. The highest BCUT2D eigenvalue weighted by Gasteiger charge is 2.24. The lowest BCUT2D eigenvalue weighted by Crippen LogP contribution is -2.39. The number of hydrogen-bond donors (Lipinski definition) is 3. The van der Waals surface area contributed by atoms with Crippen LogP contribution in [0.4, 0.5) is 17.3 Å². The Bertz CT molecular complexity index is 889. The number of anilines is 2. The second-order valence-corrected chi connectivity index (χ2v) is 6.34. The monoisotopic (exact) mass is 417 g/mol. The van der Waals surface area contributed by atoms with Crippen molar-refractivity contribution >= 4 is 23.2 Å². The lowest BCUT2D eigenvalue weighted by molar-refractivity contribution is -0.383. The van der Waals surface area contributed by atoms with Crippen LogP contribution in [0.5, 0.6) is 5.75 Å². The molecule has 1 aliphatic heterocycles. The van der Waals surface area contributed by atoms with Crippen LogP contribution in [0.1, 0.15) is 10.4 Å². The Morgan fingerprint density at radius 3 is 2.73 bits per heavy atom. The Morgan fingerprint density at radius 1 is 1.27 bits per heavy atom. The number of ether oxygens (including phenoxy) is 2. The number of carbonyl (C=O) groups excluding carboxylic acids is 1. The lowest BCUT2D eigenvalue weighted by Gasteiger charge is -2.26. The quantitative estimate of drug-likeness (QED) is 0.397. The minimum Gasteiger partial charge on any atom is -0.496 e. The highest BCUT2D eigenvalue weighted by atomic mass is 16.6. The second kappa shape index (κ2) is 10.3. The fourth-order valence-electron chi connectivity index (χ4n) is 2.95. The molecular formula is C18H23N7O5. The van der Waals surface area contributed by atoms with Crippen LogP contribution in [0.25, 0.3) is 0 Å². The van der Waals surface area contributed by atoms with E-state index in [1.165, 1.54) is 13.4 Å². The lowest BCUT2D eigenvalue weighted by atomic mass is 10.2. The summed E-state index contributed by atoms with van der Waals surface area (Å²) >= 11 is 0. The molecule has 0 bridgehead atoms. The van der Waals surface area contributed by atoms with Gasteiger partial charge >= 0.3 is 5.69 Å². The SMILES string of the molecule is COc1ccccc1C(=O)NNc1ncnc(NCCN2CCOCC2)c1[N+](=O)[O-]. The summed E-state index contributed by atoms with van der Waals surface area (Å²) in [6.07, 6.45) is 1.18. The molecule has 30 heavy (non-hydrogen) atoms. The summed E-state index contributed by atoms with van der Waals surface area (Å²) in [5.41, 5.74) is 4.83. The van der Waals surface area contributed by atoms with E-state index in [0.717, 1.165) is 13.1 Å². The van der Waals surface area contributed by atoms with E-state index in [2.05, 4.69) is 31.0 Å². The van der Waals surface area contributed by atoms with E-state index in [-0.39, 0.29) is 22.9 Å². The van der Waals surface area contributed by atoms with Gasteiger partial charge in [-0.15, -0.1) is 0 Å². The first-order valence-electron chi connectivity index (χ1n) is 9.33. The van der Waals surface area contributed by atoms with Gasteiger partial charge in [-0.05, 0) is 12.1 Å². The minimum atomic E-state index is -0.603. The van der Waals surface area contributed by atoms with Crippen molar-refractivity contribution in [1.29, 1.82) is 0 Å². The van der Waals surface area contributed by atoms with Crippen molar-refractivity contribution < 1.29 is 19.2 Å². The highest BCUT2D eigenvalue weighted by Crippen LogP contribution is 2.28. The zero-order chi connectivity index (χ0) is 21.3. The topological polar surface area (TPSA) is 144 Å². The van der Waals surface area contributed by atoms with Crippen molar-refractivity contribution in [1.82, 2.24) is 20.3 Å². The van der Waals surface area contributed by atoms with E-state index in [0.29, 0.717) is 32.1 Å². The molecule has 12 nitrogen and oxygen atoms in total. The summed E-state index contributed by atoms with van der Waals surface area (Å²) in [5.74, 6) is -0.217. The number of hydrazine groups is 1. The van der Waals surface area contributed by atoms with Gasteiger partial charge < -0.3 is 14.8 Å². The molecule has 1 aromatic carbocycles. The third-order valence-electron chi connectivity index (χ3n) is 4.48. The van der Waals surface area contributed by atoms with Gasteiger partial charge in [-0.1, -0.05) is 12.1 Å². The predicted octanol–water partition coefficient (Wildman–Crippen LogP) is 0.894. The molecule has 0 saturated carbocycles. The molecule has 160 valence electrons. The van der Waals surface area contributed by atoms with Gasteiger partial charge in [-0.3, -0.25) is 30.7 Å². The van der Waals surface area contributed by atoms with E-state index in [9.17, 15) is 14.9 Å². The Balaban J connectivity index is 1.66. The number of aromatic nitrogens is 2. The van der Waals surface area contributed by atoms with Gasteiger partial charge in [-0.2, -0.15) is 0 Å². The average Bonchev–Trinajstić information content (AvgIpc) is 2.78. The molecule has 0 radical (unpaired) electrons. The summed E-state index contributed by atoms with van der Waals surface area (Å²) in [7, 11) is 1.45. The molecule has 0 aliphatic carbocycles. The second-order valence-electron chi connectivity index (χ2n) is 6.34. The van der Waals surface area contributed by atoms with Crippen LogP contribution in [-0.4, -0.2) is 72.2 Å². The summed E-state index contributed by atoms with van der Waals surface area (Å²) in [6, 6.07) is 6.62. The van der Waals surface area contributed by atoms with Crippen LogP contribution >= 0.6 is 0 Å². The molecule has 0 atom stereocenters. The molecule has 1 aliphatic rings. The first kappa shape index (κ1) is 21.2. The van der Waals surface area contributed by atoms with E-state index in [1.54, 1.807) is 24.3 Å². The van der Waals surface area contributed by atoms with Crippen LogP contribution in [0.3, 0.4) is 0 Å². The van der Waals surface area contributed by atoms with Crippen molar-refractivity contribution in [3.8, 4) is 5.75 Å². The molecule has 0 unspecified atom stereocenters. The number of methoxy groups -OCH3 is 1. The van der Waals surface area contributed by atoms with E-state index >= 15 is 0 Å². The van der Waals surface area contributed by atoms with Gasteiger partial charge in [0, 0.05) is 26.2 Å². The summed E-state index contributed by atoms with van der Waals surface area (Å²) in [6.45, 7) is 4.13. The largest absolute Gasteiger partial charge is 0.496 e. The highest BCUT2D eigenvalue weighted by molar-refractivity contribution is 5.97. The molecule has 2 aromatic rings. The number of morpholine rings is 1. The van der Waals surface area contributed by atoms with Crippen LogP contribution in [0.2, 0.25) is 0 Å². The number of hydrogen-bond acceptors (Lipinski definition) is 10. The minimum absolute atomic E-state index is 0.0669. The molecule has 3 N–H and O–H groups in total. The van der Waals surface area contributed by atoms with Crippen molar-refractivity contribution in [2.24, 2.45) is 0 Å². The number of rotatable bonds is 9. The first-order chi connectivity index (χ1) is 14.6. The van der Waals surface area contributed by atoms with Gasteiger partial charge in [0.05, 0.1) is 30.8 Å². The molecule has 12 heteroatoms. The van der Waals surface area contributed by atoms with Crippen molar-refractivity contribution in [3.05, 3.63) is 46.3 Å². The third kappa shape index (κ3) is 5.30. The number of nitro groups is 1. The van der Waals surface area contributed by atoms with Gasteiger partial charge in [0.1, 0.15) is 12.1 Å². The van der Waals surface area contributed by atoms with Crippen LogP contribution in [0.15, 0.2) is 30.6 Å². The molecule has 1 amide bonds. The van der Waals surface area contributed by atoms with Gasteiger partial charge in [0.2, 0.25) is 11.6 Å². The van der Waals surface area contributed by atoms with E-state index in [4.69, 9.17) is 9.47 Å². The zero-order valence-electron chi connectivity index (χ0n) is 16.5. The number of benzene rings is 1. The van der Waals surface area contributed by atoms with Gasteiger partial charge in [0.15, 0.2) is 0 Å². The molecule has 1 aromatic heterocycles. The first-order valence-corrected chi connectivity index (χ1v) is 9.33. The normalized spacial score (nSPS) is 14.0. The average molecular weight is 417 g/mol. The van der Waals surface area contributed by atoms with Gasteiger partial charge in [-0.25, -0.2) is 9.97 Å². The molecule has 3 rings (SSSR count). The Morgan fingerprint density at radius 2 is 2.00 bits per heavy atom. The third-order valence-corrected chi connectivity index (χ3v) is 4.48. The predicted molar refractivity (Wildman–Crippen MR) is 109 cm³/mol. The fourth-order valence-corrected chi connectivity index (χ4v) is 2.95. The summed E-state index contributed by atoms with van der Waals surface area (Å²) in [5, 5.41) is 14.6. The molecular weight excluding hydrogens is 394 g/mol. The van der Waals surface area contributed by atoms with Gasteiger partial charge in [0.25, 0.3) is 5.91 Å². The Kier molecular flexibility index (Phi) is 7.29. The van der Waals surface area contributed by atoms with Crippen LogP contribution in [0, 0.1) is 10.1 Å². The van der Waals surface area contributed by atoms with E-state index < -0.39 is 10.8 Å². The van der Waals surface area contributed by atoms with Crippen LogP contribution in [-0.2, 0) is 4.74 Å². The Labute approximate surface area is 172 Å². The maximum absolute atomic E-state index is 12.4. The molecule has 2 heterocycles. The summed E-state index contributed by atoms with van der Waals surface area (Å²) < 4.78 is 10.5. The zero-order valence-corrected chi connectivity index (χ0v) is 16.5. The van der Waals surface area contributed by atoms with Crippen molar-refractivity contribution in [2.75, 3.05) is 57.2 Å². The summed E-state index contributed by atoms with van der Waals surface area (Å²) in [4.78, 5) is 33.5. The Hall–Kier alpha value is -3.51. The fraction of sp³-hybridized carbons (Fsp3) is 0.389. The smallest absolute Gasteiger partial charge is 0.354 e. The van der Waals surface area contributed by atoms with Crippen molar-refractivity contribution in [3.63, 3.8) is 0 Å². The van der Waals surface area contributed by atoms with Crippen LogP contribution < -0.4 is 20.9 Å². The maximum Gasteiger partial charge on any atom is 0.354 e. The van der Waals surface area contributed by atoms with Crippen molar-refractivity contribution in [2.45, 2.75) is 0 Å². The number of nitrogens with one attached hydrogen (secondary N) is 3. The maximum atomic E-state index is 12.4. The standard InChI is InChI=1S/C18H23N7O5/c1-29-14-5-3-2-4-13(14)18(26)23-22-17-15(25(27)28)16(20-12-21-17)19-6-7-24-8-10-30-11-9-24/h2-5,12H,6-11H2,1H3,(H,23,26)(H2,19,20,21,22). The number of para-hydroxylation sites is 1. The molecule has 1 fully saturated rings. The number of carbonyl (C=O) groups is 1. The molecule has 1 saturated heterocycles. The number of nitrogens with zero attached hydrogens (tertiary/aromatic N) is 4. The number of amides is 1.